The molecule has 0 radical (unpaired) electrons. The van der Waals surface area contributed by atoms with Crippen LogP contribution in [0.3, 0.4) is 0 Å². The molecule has 1 N–H and O–H groups in total. The Kier molecular flexibility index (Phi) is 4.63. The maximum Gasteiger partial charge on any atom is 0.119 e. The van der Waals surface area contributed by atoms with E-state index < -0.39 is 0 Å². The molecule has 0 atom stereocenters. The van der Waals surface area contributed by atoms with Crippen molar-refractivity contribution in [2.24, 2.45) is 0 Å². The average molecular weight is 231 g/mol. The molecule has 92 valence electrons. The van der Waals surface area contributed by atoms with Gasteiger partial charge in [0.2, 0.25) is 0 Å². The highest BCUT2D eigenvalue weighted by Gasteiger charge is 2.08. The van der Waals surface area contributed by atoms with Gasteiger partial charge in [0.1, 0.15) is 5.75 Å². The van der Waals surface area contributed by atoms with Crippen LogP contribution in [0.25, 0.3) is 0 Å². The molecule has 1 aromatic rings. The van der Waals surface area contributed by atoms with Crippen molar-refractivity contribution in [1.29, 1.82) is 0 Å². The van der Waals surface area contributed by atoms with Gasteiger partial charge in [-0.15, -0.1) is 0 Å². The van der Waals surface area contributed by atoms with E-state index in [0.29, 0.717) is 6.04 Å². The summed E-state index contributed by atoms with van der Waals surface area (Å²) in [6.45, 7) is 3.86. The Balaban J connectivity index is 1.77. The van der Waals surface area contributed by atoms with Crippen molar-refractivity contribution in [3.05, 3.63) is 42.0 Å². The van der Waals surface area contributed by atoms with Gasteiger partial charge in [0.25, 0.3) is 0 Å². The van der Waals surface area contributed by atoms with Gasteiger partial charge >= 0.3 is 0 Å². The summed E-state index contributed by atoms with van der Waals surface area (Å²) < 4.78 is 5.56. The molecule has 0 unspecified atom stereocenters. The van der Waals surface area contributed by atoms with Crippen molar-refractivity contribution in [3.63, 3.8) is 0 Å². The minimum Gasteiger partial charge on any atom is -0.494 e. The van der Waals surface area contributed by atoms with Crippen molar-refractivity contribution >= 4 is 0 Å². The van der Waals surface area contributed by atoms with E-state index in [9.17, 15) is 0 Å². The summed E-state index contributed by atoms with van der Waals surface area (Å²) in [4.78, 5) is 0. The third kappa shape index (κ3) is 3.90. The highest BCUT2D eigenvalue weighted by atomic mass is 16.5. The van der Waals surface area contributed by atoms with Crippen LogP contribution in [0.4, 0.5) is 0 Å². The van der Waals surface area contributed by atoms with Crippen molar-refractivity contribution in [3.8, 4) is 5.75 Å². The zero-order valence-electron chi connectivity index (χ0n) is 10.5. The molecule has 0 heterocycles. The van der Waals surface area contributed by atoms with Gasteiger partial charge in [-0.25, -0.2) is 0 Å². The number of hydrogen-bond donors (Lipinski definition) is 1. The Labute approximate surface area is 104 Å². The topological polar surface area (TPSA) is 21.3 Å². The fourth-order valence-electron chi connectivity index (χ4n) is 1.97. The molecule has 0 aliphatic heterocycles. The van der Waals surface area contributed by atoms with Crippen molar-refractivity contribution < 1.29 is 4.74 Å². The SMILES string of the molecule is CCCOc1ccc(CNC2CC=CC2)cc1. The molecule has 0 aromatic heterocycles. The monoisotopic (exact) mass is 231 g/mol. The number of nitrogens with one attached hydrogen (secondary N) is 1. The normalized spacial score (nSPS) is 15.4. The fraction of sp³-hybridized carbons (Fsp3) is 0.467. The first kappa shape index (κ1) is 12.2. The first-order valence-corrected chi connectivity index (χ1v) is 6.48. The van der Waals surface area contributed by atoms with E-state index in [-0.39, 0.29) is 0 Å². The minimum absolute atomic E-state index is 0.631. The van der Waals surface area contributed by atoms with Gasteiger partial charge in [-0.1, -0.05) is 31.2 Å². The molecule has 0 spiro atoms. The van der Waals surface area contributed by atoms with E-state index in [2.05, 4.69) is 48.7 Å². The predicted octanol–water partition coefficient (Wildman–Crippen LogP) is 3.28. The van der Waals surface area contributed by atoms with Gasteiger partial charge in [-0.2, -0.15) is 0 Å². The molecule has 2 nitrogen and oxygen atoms in total. The molecule has 17 heavy (non-hydrogen) atoms. The van der Waals surface area contributed by atoms with E-state index in [4.69, 9.17) is 4.74 Å². The molecule has 0 saturated carbocycles. The highest BCUT2D eigenvalue weighted by Crippen LogP contribution is 2.14. The molecule has 1 aliphatic rings. The number of benzene rings is 1. The summed E-state index contributed by atoms with van der Waals surface area (Å²) in [6.07, 6.45) is 7.88. The van der Waals surface area contributed by atoms with Gasteiger partial charge in [-0.3, -0.25) is 0 Å². The maximum atomic E-state index is 5.56. The highest BCUT2D eigenvalue weighted by molar-refractivity contribution is 5.27. The van der Waals surface area contributed by atoms with Crippen LogP contribution in [0.2, 0.25) is 0 Å². The van der Waals surface area contributed by atoms with Crippen LogP contribution in [0.5, 0.6) is 5.75 Å². The van der Waals surface area contributed by atoms with Gasteiger partial charge in [-0.05, 0) is 37.0 Å². The standard InChI is InChI=1S/C15H21NO/c1-2-11-17-15-9-7-13(8-10-15)12-16-14-5-3-4-6-14/h3-4,7-10,14,16H,2,5-6,11-12H2,1H3. The van der Waals surface area contributed by atoms with E-state index >= 15 is 0 Å². The van der Waals surface area contributed by atoms with E-state index in [1.165, 1.54) is 5.56 Å². The van der Waals surface area contributed by atoms with Crippen LogP contribution in [0.15, 0.2) is 36.4 Å². The molecule has 0 bridgehead atoms. The Morgan fingerprint density at radius 2 is 1.88 bits per heavy atom. The number of hydrogen-bond acceptors (Lipinski definition) is 2. The summed E-state index contributed by atoms with van der Waals surface area (Å²) in [5.74, 6) is 0.970. The van der Waals surface area contributed by atoms with Gasteiger partial charge in [0.05, 0.1) is 6.61 Å². The second-order valence-corrected chi connectivity index (χ2v) is 4.51. The van der Waals surface area contributed by atoms with Crippen molar-refractivity contribution in [2.75, 3.05) is 6.61 Å². The third-order valence-electron chi connectivity index (χ3n) is 3.00. The third-order valence-corrected chi connectivity index (χ3v) is 3.00. The van der Waals surface area contributed by atoms with Crippen LogP contribution in [-0.2, 0) is 6.54 Å². The first-order valence-electron chi connectivity index (χ1n) is 6.48. The predicted molar refractivity (Wildman–Crippen MR) is 71.2 cm³/mol. The van der Waals surface area contributed by atoms with Crippen LogP contribution in [-0.4, -0.2) is 12.6 Å². The van der Waals surface area contributed by atoms with E-state index in [0.717, 1.165) is 38.2 Å². The number of ether oxygens (including phenoxy) is 1. The molecule has 2 rings (SSSR count). The number of rotatable bonds is 6. The maximum absolute atomic E-state index is 5.56. The zero-order valence-corrected chi connectivity index (χ0v) is 10.5. The zero-order chi connectivity index (χ0) is 11.9. The summed E-state index contributed by atoms with van der Waals surface area (Å²) in [7, 11) is 0. The second kappa shape index (κ2) is 6.45. The lowest BCUT2D eigenvalue weighted by atomic mass is 10.2. The molecule has 1 aliphatic carbocycles. The molecule has 0 fully saturated rings. The lowest BCUT2D eigenvalue weighted by Gasteiger charge is -2.12. The van der Waals surface area contributed by atoms with Crippen LogP contribution >= 0.6 is 0 Å². The molecule has 0 amide bonds. The van der Waals surface area contributed by atoms with Gasteiger partial charge in [0, 0.05) is 12.6 Å². The molecule has 2 heteroatoms. The lowest BCUT2D eigenvalue weighted by molar-refractivity contribution is 0.317. The quantitative estimate of drug-likeness (QED) is 0.759. The first-order chi connectivity index (χ1) is 8.38. The van der Waals surface area contributed by atoms with Gasteiger partial charge in [0.15, 0.2) is 0 Å². The summed E-state index contributed by atoms with van der Waals surface area (Å²) >= 11 is 0. The van der Waals surface area contributed by atoms with Crippen LogP contribution in [0, 0.1) is 0 Å². The Morgan fingerprint density at radius 1 is 1.18 bits per heavy atom. The summed E-state index contributed by atoms with van der Waals surface area (Å²) in [6, 6.07) is 9.02. The van der Waals surface area contributed by atoms with E-state index in [1.54, 1.807) is 0 Å². The summed E-state index contributed by atoms with van der Waals surface area (Å²) in [5, 5.41) is 3.56. The molecule has 0 saturated heterocycles. The van der Waals surface area contributed by atoms with Crippen molar-refractivity contribution in [1.82, 2.24) is 5.32 Å². The smallest absolute Gasteiger partial charge is 0.119 e. The minimum atomic E-state index is 0.631. The largest absolute Gasteiger partial charge is 0.494 e. The fourth-order valence-corrected chi connectivity index (χ4v) is 1.97. The Hall–Kier alpha value is -1.28. The summed E-state index contributed by atoms with van der Waals surface area (Å²) in [5.41, 5.74) is 1.32. The molecular formula is C15H21NO. The Bertz CT molecular complexity index is 348. The van der Waals surface area contributed by atoms with Crippen LogP contribution < -0.4 is 10.1 Å². The molecule has 1 aromatic carbocycles. The second-order valence-electron chi connectivity index (χ2n) is 4.51. The lowest BCUT2D eigenvalue weighted by Crippen LogP contribution is -2.25. The average Bonchev–Trinajstić information content (AvgIpc) is 2.88. The van der Waals surface area contributed by atoms with Gasteiger partial charge < -0.3 is 10.1 Å². The van der Waals surface area contributed by atoms with E-state index in [1.807, 2.05) is 0 Å². The van der Waals surface area contributed by atoms with Crippen molar-refractivity contribution in [2.45, 2.75) is 38.8 Å². The van der Waals surface area contributed by atoms with Crippen LogP contribution in [0.1, 0.15) is 31.7 Å². The Morgan fingerprint density at radius 3 is 2.53 bits per heavy atom. The molecular weight excluding hydrogens is 210 g/mol.